The molecule has 36 heavy (non-hydrogen) atoms. The number of ether oxygens (including phenoxy) is 1. The third kappa shape index (κ3) is 6.40. The maximum Gasteiger partial charge on any atom is 0.278 e. The van der Waals surface area contributed by atoms with Crippen LogP contribution in [0.25, 0.3) is 0 Å². The lowest BCUT2D eigenvalue weighted by Gasteiger charge is -2.32. The predicted octanol–water partition coefficient (Wildman–Crippen LogP) is 5.19. The second-order valence-corrected chi connectivity index (χ2v) is 11.8. The third-order valence-electron chi connectivity index (χ3n) is 7.79. The third-order valence-corrected chi connectivity index (χ3v) is 8.86. The maximum atomic E-state index is 13.1. The summed E-state index contributed by atoms with van der Waals surface area (Å²) in [5.74, 6) is -2.13. The summed E-state index contributed by atoms with van der Waals surface area (Å²) in [5.41, 5.74) is 4.20. The van der Waals surface area contributed by atoms with Crippen molar-refractivity contribution in [1.82, 2.24) is 20.2 Å². The Kier molecular flexibility index (Phi) is 7.86. The molecule has 2 aromatic heterocycles. The minimum atomic E-state index is -2.85. The Morgan fingerprint density at radius 2 is 2.00 bits per heavy atom. The highest BCUT2D eigenvalue weighted by atomic mass is 32.1. The Labute approximate surface area is 215 Å². The van der Waals surface area contributed by atoms with Crippen LogP contribution in [0.5, 0.6) is 5.19 Å². The van der Waals surface area contributed by atoms with Crippen LogP contribution in [0.3, 0.4) is 0 Å². The van der Waals surface area contributed by atoms with Crippen molar-refractivity contribution < 1.29 is 18.3 Å². The second-order valence-electron chi connectivity index (χ2n) is 10.7. The number of nitrogens with zero attached hydrogens (tertiary/aromatic N) is 3. The minimum Gasteiger partial charge on any atom is -0.464 e. The fourth-order valence-electron chi connectivity index (χ4n) is 5.75. The zero-order valence-electron chi connectivity index (χ0n) is 21.0. The number of thiazole rings is 1. The van der Waals surface area contributed by atoms with E-state index in [1.807, 2.05) is 6.20 Å². The molecule has 0 bridgehead atoms. The molecule has 1 amide bonds. The van der Waals surface area contributed by atoms with Crippen LogP contribution in [-0.2, 0) is 25.8 Å². The predicted molar refractivity (Wildman–Crippen MR) is 136 cm³/mol. The lowest BCUT2D eigenvalue weighted by molar-refractivity contribution is -0.0230. The minimum absolute atomic E-state index is 0.0445. The summed E-state index contributed by atoms with van der Waals surface area (Å²) in [4.78, 5) is 25.3. The van der Waals surface area contributed by atoms with Crippen molar-refractivity contribution in [3.63, 3.8) is 0 Å². The Hall–Kier alpha value is -2.13. The molecule has 0 aromatic carbocycles. The van der Waals surface area contributed by atoms with E-state index in [2.05, 4.69) is 20.2 Å². The molecule has 0 atom stereocenters. The molecular weight excluding hydrogens is 482 g/mol. The second kappa shape index (κ2) is 11.1. The molecule has 0 spiro atoms. The Morgan fingerprint density at radius 1 is 1.19 bits per heavy atom. The first kappa shape index (κ1) is 25.5. The maximum absolute atomic E-state index is 13.1. The Balaban J connectivity index is 1.05. The van der Waals surface area contributed by atoms with E-state index in [4.69, 9.17) is 4.74 Å². The van der Waals surface area contributed by atoms with Crippen LogP contribution >= 0.6 is 11.3 Å². The lowest BCUT2D eigenvalue weighted by Crippen LogP contribution is -2.39. The zero-order valence-corrected chi connectivity index (χ0v) is 21.8. The van der Waals surface area contributed by atoms with Crippen molar-refractivity contribution in [1.29, 1.82) is 0 Å². The van der Waals surface area contributed by atoms with Gasteiger partial charge in [0.25, 0.3) is 17.0 Å². The molecule has 1 fully saturated rings. The van der Waals surface area contributed by atoms with E-state index < -0.39 is 12.5 Å². The van der Waals surface area contributed by atoms with Crippen molar-refractivity contribution in [3.8, 4) is 5.19 Å². The number of pyridine rings is 1. The van der Waals surface area contributed by atoms with Crippen LogP contribution < -0.4 is 10.1 Å². The van der Waals surface area contributed by atoms with Crippen LogP contribution in [-0.4, -0.2) is 52.4 Å². The van der Waals surface area contributed by atoms with Gasteiger partial charge in [0, 0.05) is 43.3 Å². The van der Waals surface area contributed by atoms with Crippen LogP contribution in [0.1, 0.15) is 83.9 Å². The van der Waals surface area contributed by atoms with E-state index in [0.29, 0.717) is 11.1 Å². The number of carbonyl (C=O) groups is 1. The highest BCUT2D eigenvalue weighted by Gasteiger charge is 2.28. The summed E-state index contributed by atoms with van der Waals surface area (Å²) in [7, 11) is 0. The van der Waals surface area contributed by atoms with E-state index in [1.165, 1.54) is 28.9 Å². The molecule has 2 aromatic rings. The summed E-state index contributed by atoms with van der Waals surface area (Å²) in [5, 5.41) is 3.65. The molecule has 1 N–H and O–H groups in total. The number of aromatic nitrogens is 2. The fourth-order valence-corrected chi connectivity index (χ4v) is 6.65. The average molecular weight is 519 g/mol. The van der Waals surface area contributed by atoms with Crippen molar-refractivity contribution in [3.05, 3.63) is 39.7 Å². The number of fused-ring (bicyclic) bond motifs is 2. The molecule has 196 valence electrons. The molecule has 9 heteroatoms. The number of amides is 1. The quantitative estimate of drug-likeness (QED) is 0.521. The van der Waals surface area contributed by atoms with Gasteiger partial charge in [0.2, 0.25) is 0 Å². The van der Waals surface area contributed by atoms with E-state index in [0.717, 1.165) is 100 Å². The average Bonchev–Trinajstić information content (AvgIpc) is 3.29. The molecular formula is C27H36F2N4O2S. The normalized spacial score (nSPS) is 22.5. The van der Waals surface area contributed by atoms with Gasteiger partial charge in [-0.2, -0.15) is 0 Å². The van der Waals surface area contributed by atoms with Gasteiger partial charge in [-0.15, -0.1) is 0 Å². The van der Waals surface area contributed by atoms with E-state index in [-0.39, 0.29) is 11.9 Å². The first-order valence-electron chi connectivity index (χ1n) is 13.3. The van der Waals surface area contributed by atoms with Crippen LogP contribution in [0.15, 0.2) is 12.4 Å². The molecule has 5 rings (SSSR count). The molecule has 3 heterocycles. The molecule has 2 aliphatic carbocycles. The first-order chi connectivity index (χ1) is 17.3. The fraction of sp³-hybridized carbons (Fsp3) is 0.667. The van der Waals surface area contributed by atoms with Crippen LogP contribution in [0.4, 0.5) is 8.78 Å². The van der Waals surface area contributed by atoms with Crippen molar-refractivity contribution >= 4 is 17.2 Å². The van der Waals surface area contributed by atoms with Gasteiger partial charge < -0.3 is 10.1 Å². The van der Waals surface area contributed by atoms with Crippen molar-refractivity contribution in [2.75, 3.05) is 19.7 Å². The zero-order chi connectivity index (χ0) is 25.1. The first-order valence-corrected chi connectivity index (χ1v) is 14.1. The number of rotatable bonds is 8. The Bertz CT molecular complexity index is 1060. The topological polar surface area (TPSA) is 67.3 Å². The van der Waals surface area contributed by atoms with Gasteiger partial charge in [0.15, 0.2) is 6.61 Å². The van der Waals surface area contributed by atoms with Gasteiger partial charge in [-0.1, -0.05) is 11.3 Å². The molecule has 0 saturated heterocycles. The van der Waals surface area contributed by atoms with Gasteiger partial charge in [-0.25, -0.2) is 13.8 Å². The van der Waals surface area contributed by atoms with Gasteiger partial charge in [0.1, 0.15) is 0 Å². The van der Waals surface area contributed by atoms with Crippen molar-refractivity contribution in [2.45, 2.75) is 89.6 Å². The standard InChI is InChI=1S/C27H36F2N4O2S/c1-27(28,29)17-35-26-32-23-16-33(13-11-24(23)36-26)12-10-18-6-8-20(9-7-18)31-25(34)22-15-30-14-19-4-2-3-5-21(19)22/h14-15,18,20H,2-13,16-17H2,1H3,(H,31,34)/t18-,20-. The summed E-state index contributed by atoms with van der Waals surface area (Å²) >= 11 is 1.40. The van der Waals surface area contributed by atoms with Gasteiger partial charge in [0.05, 0.1) is 11.3 Å². The number of aryl methyl sites for hydroxylation is 1. The number of alkyl halides is 2. The molecule has 0 radical (unpaired) electrons. The van der Waals surface area contributed by atoms with Crippen molar-refractivity contribution in [2.24, 2.45) is 5.92 Å². The summed E-state index contributed by atoms with van der Waals surface area (Å²) < 4.78 is 31.4. The molecule has 1 aliphatic heterocycles. The molecule has 6 nitrogen and oxygen atoms in total. The van der Waals surface area contributed by atoms with E-state index in [9.17, 15) is 13.6 Å². The van der Waals surface area contributed by atoms with Gasteiger partial charge in [-0.3, -0.25) is 14.7 Å². The lowest BCUT2D eigenvalue weighted by atomic mass is 9.83. The number of halogens is 2. The summed E-state index contributed by atoms with van der Waals surface area (Å²) in [6.07, 6.45) is 14.4. The summed E-state index contributed by atoms with van der Waals surface area (Å²) in [6, 6.07) is 0.245. The summed E-state index contributed by atoms with van der Waals surface area (Å²) in [6.45, 7) is 2.98. The molecule has 3 aliphatic rings. The van der Waals surface area contributed by atoms with Gasteiger partial charge >= 0.3 is 0 Å². The number of carbonyl (C=O) groups excluding carboxylic acids is 1. The van der Waals surface area contributed by atoms with Crippen LogP contribution in [0.2, 0.25) is 0 Å². The van der Waals surface area contributed by atoms with Crippen LogP contribution in [0, 0.1) is 5.92 Å². The highest BCUT2D eigenvalue weighted by molar-refractivity contribution is 7.13. The monoisotopic (exact) mass is 518 g/mol. The number of hydrogen-bond acceptors (Lipinski definition) is 6. The Morgan fingerprint density at radius 3 is 2.81 bits per heavy atom. The number of nitrogens with one attached hydrogen (secondary N) is 1. The van der Waals surface area contributed by atoms with E-state index in [1.54, 1.807) is 6.20 Å². The number of hydrogen-bond donors (Lipinski definition) is 1. The SMILES string of the molecule is CC(F)(F)COc1nc2c(s1)CCN(CC[C@H]1CC[C@H](NC(=O)c3cncc4c3CCCC4)CC1)C2. The molecule has 0 unspecified atom stereocenters. The molecule has 1 saturated carbocycles. The van der Waals surface area contributed by atoms with E-state index >= 15 is 0 Å². The largest absolute Gasteiger partial charge is 0.464 e. The smallest absolute Gasteiger partial charge is 0.278 e. The highest BCUT2D eigenvalue weighted by Crippen LogP contribution is 2.32. The van der Waals surface area contributed by atoms with Gasteiger partial charge in [-0.05, 0) is 87.8 Å².